The van der Waals surface area contributed by atoms with Gasteiger partial charge in [-0.05, 0) is 52.7 Å². The molecule has 1 N–H and O–H groups in total. The second-order valence-electron chi connectivity index (χ2n) is 4.96. The monoisotopic (exact) mass is 411 g/mol. The minimum absolute atomic E-state index is 0.250. The molecule has 0 atom stereocenters. The molecule has 0 heterocycles. The summed E-state index contributed by atoms with van der Waals surface area (Å²) in [5.41, 5.74) is 1.90. The van der Waals surface area contributed by atoms with Crippen molar-refractivity contribution in [2.75, 3.05) is 19.0 Å². The first kappa shape index (κ1) is 18.3. The zero-order chi connectivity index (χ0) is 17.7. The Morgan fingerprint density at radius 1 is 1.29 bits per heavy atom. The van der Waals surface area contributed by atoms with Crippen LogP contribution in [0.3, 0.4) is 0 Å². The SMILES string of the molecule is COc1cc(Br)c(C=O)cc1OCC(=O)Nc1ccc(C)cc1Cl. The number of ether oxygens (including phenoxy) is 2. The number of carbonyl (C=O) groups is 2. The summed E-state index contributed by atoms with van der Waals surface area (Å²) in [6, 6.07) is 8.43. The van der Waals surface area contributed by atoms with E-state index in [0.717, 1.165) is 5.56 Å². The van der Waals surface area contributed by atoms with Gasteiger partial charge in [0.15, 0.2) is 24.4 Å². The quantitative estimate of drug-likeness (QED) is 0.720. The van der Waals surface area contributed by atoms with Gasteiger partial charge in [-0.1, -0.05) is 17.7 Å². The van der Waals surface area contributed by atoms with Crippen molar-refractivity contribution in [2.24, 2.45) is 0 Å². The molecule has 2 aromatic carbocycles. The van der Waals surface area contributed by atoms with E-state index in [0.29, 0.717) is 38.5 Å². The molecule has 0 spiro atoms. The van der Waals surface area contributed by atoms with Gasteiger partial charge >= 0.3 is 0 Å². The van der Waals surface area contributed by atoms with Crippen LogP contribution in [-0.4, -0.2) is 25.9 Å². The number of anilines is 1. The van der Waals surface area contributed by atoms with Gasteiger partial charge in [0.05, 0.1) is 17.8 Å². The maximum atomic E-state index is 12.0. The van der Waals surface area contributed by atoms with Gasteiger partial charge in [-0.2, -0.15) is 0 Å². The molecule has 0 fully saturated rings. The Morgan fingerprint density at radius 2 is 2.04 bits per heavy atom. The van der Waals surface area contributed by atoms with Crippen molar-refractivity contribution < 1.29 is 19.1 Å². The van der Waals surface area contributed by atoms with E-state index in [1.165, 1.54) is 13.2 Å². The highest BCUT2D eigenvalue weighted by Gasteiger charge is 2.12. The summed E-state index contributed by atoms with van der Waals surface area (Å²) in [6.45, 7) is 1.66. The van der Waals surface area contributed by atoms with Crippen LogP contribution < -0.4 is 14.8 Å². The molecule has 5 nitrogen and oxygen atoms in total. The van der Waals surface area contributed by atoms with E-state index < -0.39 is 0 Å². The fourth-order valence-corrected chi connectivity index (χ4v) is 2.66. The topological polar surface area (TPSA) is 64.6 Å². The summed E-state index contributed by atoms with van der Waals surface area (Å²) in [7, 11) is 1.47. The lowest BCUT2D eigenvalue weighted by atomic mass is 10.2. The summed E-state index contributed by atoms with van der Waals surface area (Å²) in [4.78, 5) is 23.0. The Bertz CT molecular complexity index is 779. The molecule has 0 aliphatic carbocycles. The lowest BCUT2D eigenvalue weighted by Gasteiger charge is -2.13. The second-order valence-corrected chi connectivity index (χ2v) is 6.22. The van der Waals surface area contributed by atoms with Crippen molar-refractivity contribution >= 4 is 45.4 Å². The molecule has 0 unspecified atom stereocenters. The molecule has 126 valence electrons. The first-order valence-electron chi connectivity index (χ1n) is 6.96. The van der Waals surface area contributed by atoms with Gasteiger partial charge in [0.1, 0.15) is 0 Å². The third kappa shape index (κ3) is 4.49. The van der Waals surface area contributed by atoms with Crippen molar-refractivity contribution in [1.82, 2.24) is 0 Å². The molecule has 0 aliphatic heterocycles. The Hall–Kier alpha value is -2.05. The second kappa shape index (κ2) is 8.17. The Labute approximate surface area is 153 Å². The van der Waals surface area contributed by atoms with Gasteiger partial charge in [0, 0.05) is 10.0 Å². The zero-order valence-corrected chi connectivity index (χ0v) is 15.4. The maximum Gasteiger partial charge on any atom is 0.262 e. The van der Waals surface area contributed by atoms with Crippen LogP contribution in [0.25, 0.3) is 0 Å². The van der Waals surface area contributed by atoms with E-state index in [1.54, 1.807) is 18.2 Å². The number of methoxy groups -OCH3 is 1. The van der Waals surface area contributed by atoms with E-state index in [4.69, 9.17) is 21.1 Å². The van der Waals surface area contributed by atoms with Crippen LogP contribution in [0.5, 0.6) is 11.5 Å². The number of benzene rings is 2. The largest absolute Gasteiger partial charge is 0.493 e. The molecule has 0 radical (unpaired) electrons. The molecular weight excluding hydrogens is 398 g/mol. The average molecular weight is 413 g/mol. The fourth-order valence-electron chi connectivity index (χ4n) is 1.96. The molecule has 7 heteroatoms. The highest BCUT2D eigenvalue weighted by molar-refractivity contribution is 9.10. The number of amides is 1. The molecule has 2 aromatic rings. The van der Waals surface area contributed by atoms with Gasteiger partial charge in [0.2, 0.25) is 0 Å². The minimum Gasteiger partial charge on any atom is -0.493 e. The summed E-state index contributed by atoms with van der Waals surface area (Å²) in [5, 5.41) is 3.12. The number of halogens is 2. The van der Waals surface area contributed by atoms with Crippen molar-refractivity contribution in [3.8, 4) is 11.5 Å². The smallest absolute Gasteiger partial charge is 0.262 e. The number of aldehydes is 1. The van der Waals surface area contributed by atoms with Crippen LogP contribution in [0.4, 0.5) is 5.69 Å². The van der Waals surface area contributed by atoms with Crippen LogP contribution in [0.1, 0.15) is 15.9 Å². The van der Waals surface area contributed by atoms with Crippen LogP contribution >= 0.6 is 27.5 Å². The van der Waals surface area contributed by atoms with Crippen molar-refractivity contribution in [3.05, 3.63) is 51.0 Å². The molecule has 2 rings (SSSR count). The molecule has 0 aliphatic rings. The molecular formula is C17H15BrClNO4. The van der Waals surface area contributed by atoms with Crippen molar-refractivity contribution in [3.63, 3.8) is 0 Å². The van der Waals surface area contributed by atoms with E-state index >= 15 is 0 Å². The van der Waals surface area contributed by atoms with Gasteiger partial charge in [-0.3, -0.25) is 9.59 Å². The minimum atomic E-state index is -0.377. The first-order valence-corrected chi connectivity index (χ1v) is 8.13. The molecule has 0 saturated carbocycles. The number of aryl methyl sites for hydroxylation is 1. The van der Waals surface area contributed by atoms with Crippen LogP contribution in [-0.2, 0) is 4.79 Å². The average Bonchev–Trinajstić information content (AvgIpc) is 2.55. The maximum absolute atomic E-state index is 12.0. The number of hydrogen-bond donors (Lipinski definition) is 1. The third-order valence-corrected chi connectivity index (χ3v) is 4.17. The van der Waals surface area contributed by atoms with E-state index in [2.05, 4.69) is 21.2 Å². The fraction of sp³-hybridized carbons (Fsp3) is 0.176. The predicted molar refractivity (Wildman–Crippen MR) is 96.4 cm³/mol. The number of carbonyl (C=O) groups excluding carboxylic acids is 2. The van der Waals surface area contributed by atoms with Gasteiger partial charge in [0.25, 0.3) is 5.91 Å². The van der Waals surface area contributed by atoms with Crippen LogP contribution in [0, 0.1) is 6.92 Å². The van der Waals surface area contributed by atoms with Crippen molar-refractivity contribution in [1.29, 1.82) is 0 Å². The summed E-state index contributed by atoms with van der Waals surface area (Å²) in [6.07, 6.45) is 0.683. The van der Waals surface area contributed by atoms with Gasteiger partial charge < -0.3 is 14.8 Å². The molecule has 0 aromatic heterocycles. The summed E-state index contributed by atoms with van der Waals surface area (Å²) in [5.74, 6) is 0.333. The van der Waals surface area contributed by atoms with E-state index in [-0.39, 0.29) is 12.5 Å². The Morgan fingerprint density at radius 3 is 2.67 bits per heavy atom. The molecule has 0 bridgehead atoms. The van der Waals surface area contributed by atoms with Gasteiger partial charge in [-0.15, -0.1) is 0 Å². The highest BCUT2D eigenvalue weighted by atomic mass is 79.9. The lowest BCUT2D eigenvalue weighted by Crippen LogP contribution is -2.20. The van der Waals surface area contributed by atoms with Crippen molar-refractivity contribution in [2.45, 2.75) is 6.92 Å². The lowest BCUT2D eigenvalue weighted by molar-refractivity contribution is -0.118. The summed E-state index contributed by atoms with van der Waals surface area (Å²) >= 11 is 9.34. The third-order valence-electron chi connectivity index (χ3n) is 3.17. The van der Waals surface area contributed by atoms with E-state index in [9.17, 15) is 9.59 Å². The number of rotatable bonds is 6. The van der Waals surface area contributed by atoms with Gasteiger partial charge in [-0.25, -0.2) is 0 Å². The van der Waals surface area contributed by atoms with E-state index in [1.807, 2.05) is 13.0 Å². The predicted octanol–water partition coefficient (Wildman–Crippen LogP) is 4.25. The Balaban J connectivity index is 2.07. The first-order chi connectivity index (χ1) is 11.4. The Kier molecular flexibility index (Phi) is 6.23. The molecule has 24 heavy (non-hydrogen) atoms. The highest BCUT2D eigenvalue weighted by Crippen LogP contribution is 2.33. The zero-order valence-electron chi connectivity index (χ0n) is 13.1. The van der Waals surface area contributed by atoms with Crippen LogP contribution in [0.15, 0.2) is 34.8 Å². The normalized spacial score (nSPS) is 10.2. The summed E-state index contributed by atoms with van der Waals surface area (Å²) < 4.78 is 11.2. The number of nitrogens with one attached hydrogen (secondary N) is 1. The standard InChI is InChI=1S/C17H15BrClNO4/c1-10-3-4-14(13(19)5-10)20-17(22)9-24-16-6-11(8-21)12(18)7-15(16)23-2/h3-8H,9H2,1-2H3,(H,20,22). The molecule has 0 saturated heterocycles. The van der Waals surface area contributed by atoms with Crippen LogP contribution in [0.2, 0.25) is 5.02 Å². The molecule has 1 amide bonds. The number of hydrogen-bond acceptors (Lipinski definition) is 4.